The highest BCUT2D eigenvalue weighted by atomic mass is 79.9. The average molecular weight is 325 g/mol. The average Bonchev–Trinajstić information content (AvgIpc) is 2.37. The summed E-state index contributed by atoms with van der Waals surface area (Å²) in [5, 5.41) is 0. The van der Waals surface area contributed by atoms with E-state index in [4.69, 9.17) is 0 Å². The first kappa shape index (κ1) is 13.3. The lowest BCUT2D eigenvalue weighted by Gasteiger charge is -2.11. The van der Waals surface area contributed by atoms with E-state index in [-0.39, 0.29) is 0 Å². The van der Waals surface area contributed by atoms with E-state index in [1.807, 2.05) is 19.9 Å². The molecule has 0 bridgehead atoms. The molecular formula is C14H13BrO2S. The number of halogens is 1. The van der Waals surface area contributed by atoms with Gasteiger partial charge in [0.1, 0.15) is 0 Å². The molecule has 0 saturated carbocycles. The number of rotatable bonds is 2. The molecule has 0 N–H and O–H groups in total. The minimum Gasteiger partial charge on any atom is -0.219 e. The molecule has 2 aromatic rings. The molecule has 0 aliphatic heterocycles. The van der Waals surface area contributed by atoms with Crippen molar-refractivity contribution < 1.29 is 8.42 Å². The maximum atomic E-state index is 12.5. The normalized spacial score (nSPS) is 11.5. The standard InChI is InChI=1S/C14H13BrO2S/c1-10-8-9-13(11(2)14(10)15)18(16,17)12-6-4-3-5-7-12/h3-9H,1-2H3. The van der Waals surface area contributed by atoms with E-state index in [0.29, 0.717) is 9.79 Å². The van der Waals surface area contributed by atoms with Gasteiger partial charge in [0.25, 0.3) is 0 Å². The van der Waals surface area contributed by atoms with Crippen molar-refractivity contribution >= 4 is 25.8 Å². The van der Waals surface area contributed by atoms with Crippen molar-refractivity contribution in [3.05, 3.63) is 58.1 Å². The molecule has 0 saturated heterocycles. The Balaban J connectivity index is 2.67. The largest absolute Gasteiger partial charge is 0.219 e. The Kier molecular flexibility index (Phi) is 3.59. The first-order valence-electron chi connectivity index (χ1n) is 5.50. The van der Waals surface area contributed by atoms with Gasteiger partial charge in [-0.1, -0.05) is 40.2 Å². The van der Waals surface area contributed by atoms with Crippen molar-refractivity contribution in [1.82, 2.24) is 0 Å². The molecule has 0 unspecified atom stereocenters. The molecule has 0 fully saturated rings. The summed E-state index contributed by atoms with van der Waals surface area (Å²) in [5.74, 6) is 0. The Bertz CT molecular complexity index is 676. The minimum absolute atomic E-state index is 0.323. The molecule has 0 aliphatic rings. The van der Waals surface area contributed by atoms with Gasteiger partial charge in [-0.2, -0.15) is 0 Å². The molecular weight excluding hydrogens is 312 g/mol. The molecule has 0 radical (unpaired) electrons. The zero-order valence-corrected chi connectivity index (χ0v) is 12.5. The van der Waals surface area contributed by atoms with E-state index < -0.39 is 9.84 Å². The second-order valence-electron chi connectivity index (χ2n) is 4.14. The molecule has 0 heterocycles. The van der Waals surface area contributed by atoms with Crippen molar-refractivity contribution in [3.8, 4) is 0 Å². The number of hydrogen-bond donors (Lipinski definition) is 0. The first-order valence-corrected chi connectivity index (χ1v) is 7.78. The quantitative estimate of drug-likeness (QED) is 0.839. The maximum absolute atomic E-state index is 12.5. The lowest BCUT2D eigenvalue weighted by molar-refractivity contribution is 0.595. The van der Waals surface area contributed by atoms with Gasteiger partial charge in [0.05, 0.1) is 9.79 Å². The van der Waals surface area contributed by atoms with Crippen molar-refractivity contribution in [2.45, 2.75) is 23.6 Å². The molecule has 2 aromatic carbocycles. The van der Waals surface area contributed by atoms with E-state index in [1.165, 1.54) is 0 Å². The van der Waals surface area contributed by atoms with Crippen LogP contribution in [0.5, 0.6) is 0 Å². The third-order valence-electron chi connectivity index (χ3n) is 2.87. The minimum atomic E-state index is -3.44. The molecule has 2 nitrogen and oxygen atoms in total. The highest BCUT2D eigenvalue weighted by Gasteiger charge is 2.21. The highest BCUT2D eigenvalue weighted by molar-refractivity contribution is 9.10. The van der Waals surface area contributed by atoms with Crippen LogP contribution in [0, 0.1) is 13.8 Å². The van der Waals surface area contributed by atoms with Crippen LogP contribution in [-0.4, -0.2) is 8.42 Å². The fraction of sp³-hybridized carbons (Fsp3) is 0.143. The summed E-state index contributed by atoms with van der Waals surface area (Å²) in [7, 11) is -3.44. The Hall–Kier alpha value is -1.13. The molecule has 94 valence electrons. The zero-order chi connectivity index (χ0) is 13.3. The van der Waals surface area contributed by atoms with E-state index in [0.717, 1.165) is 15.6 Å². The van der Waals surface area contributed by atoms with Crippen LogP contribution in [0.2, 0.25) is 0 Å². The van der Waals surface area contributed by atoms with Crippen molar-refractivity contribution in [2.24, 2.45) is 0 Å². The van der Waals surface area contributed by atoms with Crippen LogP contribution in [0.25, 0.3) is 0 Å². The summed E-state index contributed by atoms with van der Waals surface area (Å²) < 4.78 is 25.8. The van der Waals surface area contributed by atoms with Gasteiger partial charge in [-0.3, -0.25) is 0 Å². The van der Waals surface area contributed by atoms with Gasteiger partial charge in [0.15, 0.2) is 0 Å². The SMILES string of the molecule is Cc1ccc(S(=O)(=O)c2ccccc2)c(C)c1Br. The third-order valence-corrected chi connectivity index (χ3v) is 6.01. The number of aryl methyl sites for hydroxylation is 1. The van der Waals surface area contributed by atoms with Gasteiger partial charge in [-0.05, 0) is 43.2 Å². The second-order valence-corrected chi connectivity index (χ2v) is 6.85. The summed E-state index contributed by atoms with van der Waals surface area (Å²) in [5.41, 5.74) is 1.78. The van der Waals surface area contributed by atoms with E-state index in [2.05, 4.69) is 15.9 Å². The van der Waals surface area contributed by atoms with E-state index in [9.17, 15) is 8.42 Å². The number of sulfone groups is 1. The molecule has 0 atom stereocenters. The van der Waals surface area contributed by atoms with Gasteiger partial charge in [-0.15, -0.1) is 0 Å². The first-order chi connectivity index (χ1) is 8.44. The summed E-state index contributed by atoms with van der Waals surface area (Å²) in [6, 6.07) is 12.0. The maximum Gasteiger partial charge on any atom is 0.206 e. The third kappa shape index (κ3) is 2.22. The highest BCUT2D eigenvalue weighted by Crippen LogP contribution is 2.30. The van der Waals surface area contributed by atoms with Crippen LogP contribution in [0.1, 0.15) is 11.1 Å². The summed E-state index contributed by atoms with van der Waals surface area (Å²) in [4.78, 5) is 0.676. The zero-order valence-electron chi connectivity index (χ0n) is 10.1. The van der Waals surface area contributed by atoms with Crippen molar-refractivity contribution in [1.29, 1.82) is 0 Å². The Morgan fingerprint density at radius 3 is 2.17 bits per heavy atom. The van der Waals surface area contributed by atoms with Crippen molar-refractivity contribution in [2.75, 3.05) is 0 Å². The lowest BCUT2D eigenvalue weighted by Crippen LogP contribution is -2.04. The van der Waals surface area contributed by atoms with Crippen LogP contribution < -0.4 is 0 Å². The molecule has 0 amide bonds. The predicted molar refractivity (Wildman–Crippen MR) is 75.5 cm³/mol. The predicted octanol–water partition coefficient (Wildman–Crippen LogP) is 3.90. The fourth-order valence-corrected chi connectivity index (χ4v) is 3.82. The Labute approximate surface area is 116 Å². The molecule has 4 heteroatoms. The smallest absolute Gasteiger partial charge is 0.206 e. The van der Waals surface area contributed by atoms with Gasteiger partial charge in [-0.25, -0.2) is 8.42 Å². The molecule has 18 heavy (non-hydrogen) atoms. The number of benzene rings is 2. The van der Waals surface area contributed by atoms with Crippen LogP contribution in [0.15, 0.2) is 56.7 Å². The van der Waals surface area contributed by atoms with E-state index in [1.54, 1.807) is 36.4 Å². The summed E-state index contributed by atoms with van der Waals surface area (Å²) in [6.45, 7) is 3.75. The number of hydrogen-bond acceptors (Lipinski definition) is 2. The monoisotopic (exact) mass is 324 g/mol. The van der Waals surface area contributed by atoms with Crippen LogP contribution >= 0.6 is 15.9 Å². The van der Waals surface area contributed by atoms with E-state index >= 15 is 0 Å². The fourth-order valence-electron chi connectivity index (χ4n) is 1.82. The summed E-state index contributed by atoms with van der Waals surface area (Å²) in [6.07, 6.45) is 0. The van der Waals surface area contributed by atoms with Crippen LogP contribution in [0.4, 0.5) is 0 Å². The summed E-state index contributed by atoms with van der Waals surface area (Å²) >= 11 is 3.43. The van der Waals surface area contributed by atoms with Crippen LogP contribution in [0.3, 0.4) is 0 Å². The Morgan fingerprint density at radius 2 is 1.56 bits per heavy atom. The van der Waals surface area contributed by atoms with Gasteiger partial charge >= 0.3 is 0 Å². The Morgan fingerprint density at radius 1 is 0.944 bits per heavy atom. The molecule has 0 spiro atoms. The molecule has 2 rings (SSSR count). The van der Waals surface area contributed by atoms with Gasteiger partial charge in [0, 0.05) is 4.47 Å². The molecule has 0 aromatic heterocycles. The molecule has 0 aliphatic carbocycles. The van der Waals surface area contributed by atoms with Gasteiger partial charge in [0.2, 0.25) is 9.84 Å². The lowest BCUT2D eigenvalue weighted by atomic mass is 10.2. The topological polar surface area (TPSA) is 34.1 Å². The van der Waals surface area contributed by atoms with Gasteiger partial charge < -0.3 is 0 Å². The second kappa shape index (κ2) is 4.86. The van der Waals surface area contributed by atoms with Crippen LogP contribution in [-0.2, 0) is 9.84 Å². The van der Waals surface area contributed by atoms with Crippen molar-refractivity contribution in [3.63, 3.8) is 0 Å².